The monoisotopic (exact) mass is 341 g/mol. The van der Waals surface area contributed by atoms with Gasteiger partial charge in [0.1, 0.15) is 5.82 Å². The maximum absolute atomic E-state index is 12.5. The van der Waals surface area contributed by atoms with E-state index in [1.807, 2.05) is 35.0 Å². The van der Waals surface area contributed by atoms with Crippen molar-refractivity contribution in [3.63, 3.8) is 0 Å². The van der Waals surface area contributed by atoms with Crippen molar-refractivity contribution in [2.24, 2.45) is 0 Å². The number of nitrogens with one attached hydrogen (secondary N) is 1. The molecule has 1 aliphatic heterocycles. The van der Waals surface area contributed by atoms with Crippen LogP contribution in [0.3, 0.4) is 0 Å². The van der Waals surface area contributed by atoms with Gasteiger partial charge in [-0.2, -0.15) is 5.10 Å². The fourth-order valence-corrected chi connectivity index (χ4v) is 2.98. The fourth-order valence-electron chi connectivity index (χ4n) is 2.98. The molecule has 1 aliphatic rings. The molecule has 0 spiro atoms. The van der Waals surface area contributed by atoms with E-state index in [0.29, 0.717) is 32.7 Å². The molecule has 0 unspecified atom stereocenters. The number of nitrogens with zero attached hydrogens (tertiary/aromatic N) is 4. The fraction of sp³-hybridized carbons (Fsp3) is 0.389. The van der Waals surface area contributed by atoms with Gasteiger partial charge in [0.15, 0.2) is 0 Å². The first-order valence-corrected chi connectivity index (χ1v) is 8.43. The summed E-state index contributed by atoms with van der Waals surface area (Å²) < 4.78 is 0. The molecule has 1 aromatic carbocycles. The van der Waals surface area contributed by atoms with Crippen LogP contribution in [0.1, 0.15) is 5.56 Å². The summed E-state index contributed by atoms with van der Waals surface area (Å²) in [6, 6.07) is 13.3. The van der Waals surface area contributed by atoms with Crippen molar-refractivity contribution in [2.45, 2.75) is 6.54 Å². The van der Waals surface area contributed by atoms with E-state index in [2.05, 4.69) is 27.2 Å². The molecule has 2 heterocycles. The third-order valence-corrected chi connectivity index (χ3v) is 4.32. The highest BCUT2D eigenvalue weighted by molar-refractivity contribution is 5.78. The van der Waals surface area contributed by atoms with Gasteiger partial charge in [-0.25, -0.2) is 5.10 Å². The Labute approximate surface area is 146 Å². The van der Waals surface area contributed by atoms with Crippen LogP contribution in [0.2, 0.25) is 0 Å². The molecule has 132 valence electrons. The van der Waals surface area contributed by atoms with E-state index in [9.17, 15) is 9.59 Å². The third-order valence-electron chi connectivity index (χ3n) is 4.32. The summed E-state index contributed by atoms with van der Waals surface area (Å²) in [5.41, 5.74) is 0.991. The number of likely N-dealkylation sites (N-methyl/N-ethyl adjacent to an activating group) is 1. The molecule has 0 radical (unpaired) electrons. The lowest BCUT2D eigenvalue weighted by molar-refractivity contribution is -0.132. The lowest BCUT2D eigenvalue weighted by Crippen LogP contribution is -2.51. The highest BCUT2D eigenvalue weighted by Gasteiger charge is 2.22. The summed E-state index contributed by atoms with van der Waals surface area (Å²) in [5, 5.41) is 6.49. The number of rotatable bonds is 5. The van der Waals surface area contributed by atoms with Gasteiger partial charge >= 0.3 is 0 Å². The van der Waals surface area contributed by atoms with Crippen molar-refractivity contribution >= 4 is 11.7 Å². The van der Waals surface area contributed by atoms with Gasteiger partial charge in [-0.1, -0.05) is 30.3 Å². The molecule has 1 aromatic heterocycles. The Morgan fingerprint density at radius 1 is 1.12 bits per heavy atom. The minimum Gasteiger partial charge on any atom is -0.352 e. The second-order valence-electron chi connectivity index (χ2n) is 6.31. The third kappa shape index (κ3) is 4.67. The van der Waals surface area contributed by atoms with E-state index >= 15 is 0 Å². The predicted molar refractivity (Wildman–Crippen MR) is 96.4 cm³/mol. The molecule has 1 saturated heterocycles. The van der Waals surface area contributed by atoms with Crippen LogP contribution in [0.25, 0.3) is 0 Å². The number of carbonyl (C=O) groups is 1. The standard InChI is InChI=1S/C18H23N5O2/c1-21(13-15-5-3-2-4-6-15)14-18(25)23-11-9-22(10-12-23)16-7-8-17(24)20-19-16/h2-8H,9-14H2,1H3,(H,20,24). The largest absolute Gasteiger partial charge is 0.352 e. The Morgan fingerprint density at radius 3 is 2.48 bits per heavy atom. The van der Waals surface area contributed by atoms with Crippen molar-refractivity contribution in [1.29, 1.82) is 0 Å². The Bertz CT molecular complexity index is 733. The average Bonchev–Trinajstić information content (AvgIpc) is 2.63. The highest BCUT2D eigenvalue weighted by Crippen LogP contribution is 2.11. The van der Waals surface area contributed by atoms with Gasteiger partial charge < -0.3 is 9.80 Å². The summed E-state index contributed by atoms with van der Waals surface area (Å²) in [4.78, 5) is 29.6. The van der Waals surface area contributed by atoms with E-state index in [4.69, 9.17) is 0 Å². The van der Waals surface area contributed by atoms with Gasteiger partial charge in [0.25, 0.3) is 5.56 Å². The summed E-state index contributed by atoms with van der Waals surface area (Å²) in [6.45, 7) is 3.93. The maximum atomic E-state index is 12.5. The van der Waals surface area contributed by atoms with Gasteiger partial charge in [-0.05, 0) is 18.7 Å². The Hall–Kier alpha value is -2.67. The second-order valence-corrected chi connectivity index (χ2v) is 6.31. The van der Waals surface area contributed by atoms with Crippen molar-refractivity contribution in [1.82, 2.24) is 20.0 Å². The van der Waals surface area contributed by atoms with Crippen molar-refractivity contribution < 1.29 is 4.79 Å². The number of carbonyl (C=O) groups excluding carboxylic acids is 1. The molecule has 7 nitrogen and oxygen atoms in total. The van der Waals surface area contributed by atoms with Crippen LogP contribution in [-0.2, 0) is 11.3 Å². The smallest absolute Gasteiger partial charge is 0.264 e. The molecular formula is C18H23N5O2. The van der Waals surface area contributed by atoms with Crippen LogP contribution in [0.4, 0.5) is 5.82 Å². The Morgan fingerprint density at radius 2 is 1.84 bits per heavy atom. The molecule has 1 N–H and O–H groups in total. The van der Waals surface area contributed by atoms with Gasteiger partial charge in [0.2, 0.25) is 5.91 Å². The number of aromatic amines is 1. The van der Waals surface area contributed by atoms with E-state index < -0.39 is 0 Å². The number of hydrogen-bond donors (Lipinski definition) is 1. The van der Waals surface area contributed by atoms with Gasteiger partial charge in [-0.3, -0.25) is 14.5 Å². The number of aromatic nitrogens is 2. The summed E-state index contributed by atoms with van der Waals surface area (Å²) in [5.74, 6) is 0.889. The zero-order valence-electron chi connectivity index (χ0n) is 14.4. The number of amides is 1. The zero-order valence-corrected chi connectivity index (χ0v) is 14.4. The number of hydrogen-bond acceptors (Lipinski definition) is 5. The molecule has 7 heteroatoms. The van der Waals surface area contributed by atoms with Gasteiger partial charge in [0.05, 0.1) is 6.54 Å². The average molecular weight is 341 g/mol. The number of piperazine rings is 1. The molecular weight excluding hydrogens is 318 g/mol. The van der Waals surface area contributed by atoms with Crippen molar-refractivity contribution in [3.05, 3.63) is 58.4 Å². The lowest BCUT2D eigenvalue weighted by atomic mass is 10.2. The highest BCUT2D eigenvalue weighted by atomic mass is 16.2. The molecule has 0 saturated carbocycles. The van der Waals surface area contributed by atoms with Crippen LogP contribution in [0, 0.1) is 0 Å². The first-order valence-electron chi connectivity index (χ1n) is 8.43. The van der Waals surface area contributed by atoms with E-state index in [-0.39, 0.29) is 11.5 Å². The van der Waals surface area contributed by atoms with Crippen LogP contribution < -0.4 is 10.5 Å². The topological polar surface area (TPSA) is 72.5 Å². The Balaban J connectivity index is 1.48. The number of benzene rings is 1. The molecule has 0 atom stereocenters. The van der Waals surface area contributed by atoms with E-state index in [0.717, 1.165) is 12.4 Å². The first-order chi connectivity index (χ1) is 12.1. The predicted octanol–water partition coefficient (Wildman–Crippen LogP) is 0.551. The lowest BCUT2D eigenvalue weighted by Gasteiger charge is -2.35. The molecule has 1 fully saturated rings. The van der Waals surface area contributed by atoms with Crippen LogP contribution >= 0.6 is 0 Å². The van der Waals surface area contributed by atoms with E-state index in [1.165, 1.54) is 11.6 Å². The molecule has 0 aliphatic carbocycles. The van der Waals surface area contributed by atoms with Crippen LogP contribution in [0.5, 0.6) is 0 Å². The van der Waals surface area contributed by atoms with E-state index in [1.54, 1.807) is 6.07 Å². The quantitative estimate of drug-likeness (QED) is 0.860. The normalized spacial score (nSPS) is 14.8. The minimum absolute atomic E-state index is 0.146. The molecule has 0 bridgehead atoms. The molecule has 2 aromatic rings. The second kappa shape index (κ2) is 7.94. The van der Waals surface area contributed by atoms with Crippen molar-refractivity contribution in [3.8, 4) is 0 Å². The molecule has 3 rings (SSSR count). The number of H-pyrrole nitrogens is 1. The zero-order chi connectivity index (χ0) is 17.6. The minimum atomic E-state index is -0.209. The Kier molecular flexibility index (Phi) is 5.45. The van der Waals surface area contributed by atoms with Gasteiger partial charge in [0, 0.05) is 38.8 Å². The first kappa shape index (κ1) is 17.2. The SMILES string of the molecule is CN(CC(=O)N1CCN(c2ccc(=O)[nH]n2)CC1)Cc1ccccc1. The van der Waals surface area contributed by atoms with Crippen LogP contribution in [0.15, 0.2) is 47.3 Å². The van der Waals surface area contributed by atoms with Crippen molar-refractivity contribution in [2.75, 3.05) is 44.7 Å². The maximum Gasteiger partial charge on any atom is 0.264 e. The summed E-state index contributed by atoms with van der Waals surface area (Å²) in [6.07, 6.45) is 0. The van der Waals surface area contributed by atoms with Crippen LogP contribution in [-0.4, -0.2) is 65.7 Å². The molecule has 1 amide bonds. The summed E-state index contributed by atoms with van der Waals surface area (Å²) >= 11 is 0. The summed E-state index contributed by atoms with van der Waals surface area (Å²) in [7, 11) is 1.96. The molecule has 25 heavy (non-hydrogen) atoms. The number of anilines is 1. The van der Waals surface area contributed by atoms with Gasteiger partial charge in [-0.15, -0.1) is 0 Å².